The molecule has 0 atom stereocenters. The number of carbonyl (C=O) groups excluding carboxylic acids is 1. The van der Waals surface area contributed by atoms with Crippen LogP contribution in [0, 0.1) is 6.92 Å². The number of nitrogens with two attached hydrogens (primary N) is 1. The molecule has 88 valence electrons. The minimum Gasteiger partial charge on any atom is -0.399 e. The van der Waals surface area contributed by atoms with Gasteiger partial charge >= 0.3 is 0 Å². The lowest BCUT2D eigenvalue weighted by Crippen LogP contribution is -2.24. The Bertz CT molecular complexity index is 517. The van der Waals surface area contributed by atoms with E-state index in [0.717, 1.165) is 5.56 Å². The number of hydrogen-bond acceptors (Lipinski definition) is 4. The molecule has 17 heavy (non-hydrogen) atoms. The first kappa shape index (κ1) is 11.1. The van der Waals surface area contributed by atoms with E-state index in [1.807, 2.05) is 12.1 Å². The Hall–Kier alpha value is -2.37. The highest BCUT2D eigenvalue weighted by Crippen LogP contribution is 2.05. The molecule has 0 unspecified atom stereocenters. The van der Waals surface area contributed by atoms with Crippen LogP contribution in [-0.4, -0.2) is 21.1 Å². The standard InChI is InChI=1S/C11H13N5O/c1-7-14-10(16-15-7)11(17)13-6-8-2-4-9(12)5-3-8/h2-5H,6,12H2,1H3,(H,13,17)(H,14,15,16). The lowest BCUT2D eigenvalue weighted by atomic mass is 10.2. The van der Waals surface area contributed by atoms with Crippen molar-refractivity contribution >= 4 is 11.6 Å². The first-order valence-corrected chi connectivity index (χ1v) is 5.17. The third-order valence-electron chi connectivity index (χ3n) is 2.23. The van der Waals surface area contributed by atoms with Crippen molar-refractivity contribution in [2.75, 3.05) is 5.73 Å². The van der Waals surface area contributed by atoms with E-state index >= 15 is 0 Å². The molecule has 6 nitrogen and oxygen atoms in total. The van der Waals surface area contributed by atoms with Crippen molar-refractivity contribution in [2.24, 2.45) is 0 Å². The highest BCUT2D eigenvalue weighted by atomic mass is 16.2. The van der Waals surface area contributed by atoms with E-state index in [4.69, 9.17) is 5.73 Å². The van der Waals surface area contributed by atoms with Crippen molar-refractivity contribution in [3.05, 3.63) is 41.5 Å². The van der Waals surface area contributed by atoms with Gasteiger partial charge in [0.15, 0.2) is 0 Å². The Kier molecular flexibility index (Phi) is 3.04. The summed E-state index contributed by atoms with van der Waals surface area (Å²) in [6, 6.07) is 7.30. The summed E-state index contributed by atoms with van der Waals surface area (Å²) in [5.41, 5.74) is 7.24. The summed E-state index contributed by atoms with van der Waals surface area (Å²) in [6.07, 6.45) is 0. The van der Waals surface area contributed by atoms with Crippen LogP contribution < -0.4 is 11.1 Å². The van der Waals surface area contributed by atoms with Crippen molar-refractivity contribution in [1.29, 1.82) is 0 Å². The lowest BCUT2D eigenvalue weighted by Gasteiger charge is -2.03. The van der Waals surface area contributed by atoms with Gasteiger partial charge in [0.05, 0.1) is 0 Å². The SMILES string of the molecule is Cc1nc(C(=O)NCc2ccc(N)cc2)n[nH]1. The zero-order valence-corrected chi connectivity index (χ0v) is 9.40. The molecule has 0 radical (unpaired) electrons. The van der Waals surface area contributed by atoms with Crippen LogP contribution in [0.4, 0.5) is 5.69 Å². The third kappa shape index (κ3) is 2.81. The first-order chi connectivity index (χ1) is 8.15. The Balaban J connectivity index is 1.94. The predicted octanol–water partition coefficient (Wildman–Crippen LogP) is 0.625. The average molecular weight is 231 g/mol. The zero-order chi connectivity index (χ0) is 12.3. The Morgan fingerprint density at radius 1 is 1.41 bits per heavy atom. The molecule has 0 bridgehead atoms. The Labute approximate surface area is 98.3 Å². The van der Waals surface area contributed by atoms with Gasteiger partial charge in [-0.15, -0.1) is 5.10 Å². The molecule has 0 aliphatic heterocycles. The number of H-pyrrole nitrogens is 1. The molecule has 4 N–H and O–H groups in total. The van der Waals surface area contributed by atoms with Gasteiger partial charge < -0.3 is 11.1 Å². The second-order valence-electron chi connectivity index (χ2n) is 3.67. The molecule has 1 heterocycles. The van der Waals surface area contributed by atoms with Crippen LogP contribution in [0.2, 0.25) is 0 Å². The number of amides is 1. The number of benzene rings is 1. The summed E-state index contributed by atoms with van der Waals surface area (Å²) in [7, 11) is 0. The maximum Gasteiger partial charge on any atom is 0.291 e. The number of nitrogens with zero attached hydrogens (tertiary/aromatic N) is 2. The number of hydrogen-bond donors (Lipinski definition) is 3. The molecule has 1 amide bonds. The van der Waals surface area contributed by atoms with Gasteiger partial charge in [-0.25, -0.2) is 4.98 Å². The molecule has 0 saturated heterocycles. The normalized spacial score (nSPS) is 10.2. The van der Waals surface area contributed by atoms with Crippen LogP contribution >= 0.6 is 0 Å². The van der Waals surface area contributed by atoms with Gasteiger partial charge in [0.25, 0.3) is 5.91 Å². The maximum atomic E-state index is 11.6. The van der Waals surface area contributed by atoms with Crippen molar-refractivity contribution in [3.8, 4) is 0 Å². The van der Waals surface area contributed by atoms with Crippen LogP contribution in [0.3, 0.4) is 0 Å². The maximum absolute atomic E-state index is 11.6. The van der Waals surface area contributed by atoms with E-state index in [9.17, 15) is 4.79 Å². The van der Waals surface area contributed by atoms with E-state index in [1.165, 1.54) is 0 Å². The number of rotatable bonds is 3. The molecule has 0 aliphatic rings. The summed E-state index contributed by atoms with van der Waals surface area (Å²) in [4.78, 5) is 15.6. The second kappa shape index (κ2) is 4.65. The zero-order valence-electron chi connectivity index (χ0n) is 9.40. The number of carbonyl (C=O) groups is 1. The summed E-state index contributed by atoms with van der Waals surface area (Å²) < 4.78 is 0. The Morgan fingerprint density at radius 2 is 2.12 bits per heavy atom. The number of aryl methyl sites for hydroxylation is 1. The van der Waals surface area contributed by atoms with Crippen LogP contribution in [0.1, 0.15) is 22.0 Å². The van der Waals surface area contributed by atoms with Crippen LogP contribution in [0.5, 0.6) is 0 Å². The van der Waals surface area contributed by atoms with Gasteiger partial charge in [0.2, 0.25) is 5.82 Å². The minimum absolute atomic E-state index is 0.151. The number of aromatic nitrogens is 3. The predicted molar refractivity (Wildman–Crippen MR) is 63.1 cm³/mol. The fourth-order valence-corrected chi connectivity index (χ4v) is 1.34. The monoisotopic (exact) mass is 231 g/mol. The van der Waals surface area contributed by atoms with Gasteiger partial charge in [-0.05, 0) is 24.6 Å². The van der Waals surface area contributed by atoms with Gasteiger partial charge in [0, 0.05) is 12.2 Å². The molecule has 2 aromatic rings. The van der Waals surface area contributed by atoms with Crippen molar-refractivity contribution < 1.29 is 4.79 Å². The van der Waals surface area contributed by atoms with Gasteiger partial charge in [-0.1, -0.05) is 12.1 Å². The van der Waals surface area contributed by atoms with E-state index in [1.54, 1.807) is 19.1 Å². The van der Waals surface area contributed by atoms with Crippen LogP contribution in [0.25, 0.3) is 0 Å². The number of nitrogen functional groups attached to an aromatic ring is 1. The number of nitrogens with one attached hydrogen (secondary N) is 2. The smallest absolute Gasteiger partial charge is 0.291 e. The van der Waals surface area contributed by atoms with Crippen LogP contribution in [0.15, 0.2) is 24.3 Å². The molecule has 0 spiro atoms. The third-order valence-corrected chi connectivity index (χ3v) is 2.23. The molecular weight excluding hydrogens is 218 g/mol. The molecule has 2 rings (SSSR count). The van der Waals surface area contributed by atoms with Gasteiger partial charge in [-0.3, -0.25) is 9.89 Å². The summed E-state index contributed by atoms with van der Waals surface area (Å²) >= 11 is 0. The number of anilines is 1. The minimum atomic E-state index is -0.300. The summed E-state index contributed by atoms with van der Waals surface area (Å²) in [5.74, 6) is 0.465. The number of aromatic amines is 1. The molecule has 0 saturated carbocycles. The second-order valence-corrected chi connectivity index (χ2v) is 3.67. The molecule has 1 aromatic heterocycles. The van der Waals surface area contributed by atoms with E-state index in [2.05, 4.69) is 20.5 Å². The first-order valence-electron chi connectivity index (χ1n) is 5.17. The highest BCUT2D eigenvalue weighted by Gasteiger charge is 2.09. The Morgan fingerprint density at radius 3 is 2.71 bits per heavy atom. The lowest BCUT2D eigenvalue weighted by molar-refractivity contribution is 0.0941. The quantitative estimate of drug-likeness (QED) is 0.675. The van der Waals surface area contributed by atoms with Gasteiger partial charge in [-0.2, -0.15) is 0 Å². The van der Waals surface area contributed by atoms with E-state index in [0.29, 0.717) is 18.1 Å². The van der Waals surface area contributed by atoms with Gasteiger partial charge in [0.1, 0.15) is 5.82 Å². The van der Waals surface area contributed by atoms with E-state index < -0.39 is 0 Å². The summed E-state index contributed by atoms with van der Waals surface area (Å²) in [5, 5.41) is 9.11. The fourth-order valence-electron chi connectivity index (χ4n) is 1.34. The fraction of sp³-hybridized carbons (Fsp3) is 0.182. The average Bonchev–Trinajstić information content (AvgIpc) is 2.75. The largest absolute Gasteiger partial charge is 0.399 e. The molecule has 6 heteroatoms. The van der Waals surface area contributed by atoms with Crippen molar-refractivity contribution in [3.63, 3.8) is 0 Å². The molecule has 1 aromatic carbocycles. The van der Waals surface area contributed by atoms with E-state index in [-0.39, 0.29) is 11.7 Å². The van der Waals surface area contributed by atoms with Crippen molar-refractivity contribution in [1.82, 2.24) is 20.5 Å². The summed E-state index contributed by atoms with van der Waals surface area (Å²) in [6.45, 7) is 2.16. The molecular formula is C11H13N5O. The highest BCUT2D eigenvalue weighted by molar-refractivity contribution is 5.90. The topological polar surface area (TPSA) is 96.7 Å². The van der Waals surface area contributed by atoms with Crippen molar-refractivity contribution in [2.45, 2.75) is 13.5 Å². The molecule has 0 aliphatic carbocycles. The molecule has 0 fully saturated rings. The van der Waals surface area contributed by atoms with Crippen LogP contribution in [-0.2, 0) is 6.54 Å².